The van der Waals surface area contributed by atoms with Crippen molar-refractivity contribution < 1.29 is 4.79 Å². The fourth-order valence-corrected chi connectivity index (χ4v) is 0.200. The molecule has 0 saturated carbocycles. The molecular weight excluding hydrogens is 108 g/mol. The first-order valence-electron chi connectivity index (χ1n) is 1.00. The highest BCUT2D eigenvalue weighted by atomic mass is 35.7. The predicted molar refractivity (Wildman–Crippen MR) is 24.0 cm³/mol. The van der Waals surface area contributed by atoms with Gasteiger partial charge in [-0.2, -0.15) is 0 Å². The molecule has 0 aromatic carbocycles. The summed E-state index contributed by atoms with van der Waals surface area (Å²) in [4.78, 5) is 9.17. The fourth-order valence-electron chi connectivity index (χ4n) is 0.0223. The molecule has 0 unspecified atom stereocenters. The van der Waals surface area contributed by atoms with Gasteiger partial charge in [0, 0.05) is 0 Å². The van der Waals surface area contributed by atoms with Crippen LogP contribution < -0.4 is 0 Å². The van der Waals surface area contributed by atoms with E-state index in [0.717, 1.165) is 11.0 Å². The lowest BCUT2D eigenvalue weighted by atomic mass is 10.9. The van der Waals surface area contributed by atoms with Gasteiger partial charge >= 0.3 is 0 Å². The van der Waals surface area contributed by atoms with Crippen molar-refractivity contribution in [3.8, 4) is 0 Å². The summed E-state index contributed by atoms with van der Waals surface area (Å²) in [7, 11) is 5.91. The van der Waals surface area contributed by atoms with E-state index in [0.29, 0.717) is 0 Å². The predicted octanol–water partition coefficient (Wildman–Crippen LogP) is 0.983. The highest BCUT2D eigenvalue weighted by molar-refractivity contribution is 8.21. The Bertz CT molecular complexity index is 30.8. The van der Waals surface area contributed by atoms with Crippen molar-refractivity contribution >= 4 is 27.9 Å². The van der Waals surface area contributed by atoms with Crippen molar-refractivity contribution in [2.75, 3.05) is 5.75 Å². The molecule has 0 aliphatic carbocycles. The first kappa shape index (κ1) is 5.31. The van der Waals surface area contributed by atoms with Crippen LogP contribution in [0.3, 0.4) is 0 Å². The standard InChI is InChI=1S/C2H2ClOS/c3-5-2-1-4/h2H2. The van der Waals surface area contributed by atoms with Crippen LogP contribution in [0, 0.1) is 0 Å². The van der Waals surface area contributed by atoms with Crippen molar-refractivity contribution in [3.05, 3.63) is 0 Å². The van der Waals surface area contributed by atoms with Crippen LogP contribution in [0.2, 0.25) is 0 Å². The molecule has 0 rings (SSSR count). The van der Waals surface area contributed by atoms with Crippen molar-refractivity contribution in [2.24, 2.45) is 0 Å². The summed E-state index contributed by atoms with van der Waals surface area (Å²) in [6.45, 7) is 0. The van der Waals surface area contributed by atoms with Gasteiger partial charge in [-0.1, -0.05) is 0 Å². The lowest BCUT2D eigenvalue weighted by Crippen LogP contribution is -1.67. The second-order valence-corrected chi connectivity index (χ2v) is 1.56. The van der Waals surface area contributed by atoms with Crippen LogP contribution in [0.1, 0.15) is 0 Å². The van der Waals surface area contributed by atoms with Crippen LogP contribution in [0.4, 0.5) is 0 Å². The van der Waals surface area contributed by atoms with E-state index in [9.17, 15) is 4.79 Å². The van der Waals surface area contributed by atoms with Gasteiger partial charge in [-0.05, 0) is 21.7 Å². The van der Waals surface area contributed by atoms with Gasteiger partial charge in [-0.25, -0.2) is 0 Å². The molecule has 29 valence electrons. The minimum Gasteiger partial charge on any atom is -0.290 e. The number of halogens is 1. The third kappa shape index (κ3) is 4.31. The van der Waals surface area contributed by atoms with Crippen molar-refractivity contribution in [2.45, 2.75) is 0 Å². The summed E-state index contributed by atoms with van der Waals surface area (Å²) in [6.07, 6.45) is 1.60. The van der Waals surface area contributed by atoms with Crippen molar-refractivity contribution in [1.82, 2.24) is 0 Å². The van der Waals surface area contributed by atoms with Gasteiger partial charge in [0.05, 0.1) is 5.75 Å². The average Bonchev–Trinajstić information content (AvgIpc) is 1.41. The molecule has 0 fully saturated rings. The largest absolute Gasteiger partial charge is 0.290 e. The minimum absolute atomic E-state index is 0.265. The van der Waals surface area contributed by atoms with Gasteiger partial charge in [-0.3, -0.25) is 4.79 Å². The Hall–Kier alpha value is 0.310. The van der Waals surface area contributed by atoms with Crippen LogP contribution in [-0.4, -0.2) is 12.0 Å². The Morgan fingerprint density at radius 1 is 2.00 bits per heavy atom. The minimum atomic E-state index is 0.265. The van der Waals surface area contributed by atoms with Crippen LogP contribution in [-0.2, 0) is 4.79 Å². The summed E-state index contributed by atoms with van der Waals surface area (Å²) < 4.78 is 0. The monoisotopic (exact) mass is 109 g/mol. The Morgan fingerprint density at radius 2 is 2.60 bits per heavy atom. The zero-order valence-corrected chi connectivity index (χ0v) is 3.97. The Morgan fingerprint density at radius 3 is 2.60 bits per heavy atom. The molecule has 0 heterocycles. The van der Waals surface area contributed by atoms with Crippen molar-refractivity contribution in [3.63, 3.8) is 0 Å². The zero-order valence-electron chi connectivity index (χ0n) is 2.40. The SMILES string of the molecule is O=[C]CSCl. The van der Waals surface area contributed by atoms with E-state index < -0.39 is 0 Å². The van der Waals surface area contributed by atoms with Gasteiger partial charge in [0.25, 0.3) is 0 Å². The van der Waals surface area contributed by atoms with E-state index in [4.69, 9.17) is 10.7 Å². The normalized spacial score (nSPS) is 7.40. The summed E-state index contributed by atoms with van der Waals surface area (Å²) in [5.74, 6) is 0.265. The van der Waals surface area contributed by atoms with E-state index in [-0.39, 0.29) is 5.75 Å². The molecule has 5 heavy (non-hydrogen) atoms. The van der Waals surface area contributed by atoms with E-state index in [2.05, 4.69) is 0 Å². The molecule has 1 nitrogen and oxygen atoms in total. The highest BCUT2D eigenvalue weighted by Gasteiger charge is 1.71. The van der Waals surface area contributed by atoms with E-state index >= 15 is 0 Å². The molecule has 0 N–H and O–H groups in total. The second-order valence-electron chi connectivity index (χ2n) is 0.398. The Labute approximate surface area is 39.2 Å². The van der Waals surface area contributed by atoms with Gasteiger partial charge in [0.2, 0.25) is 6.29 Å². The van der Waals surface area contributed by atoms with Gasteiger partial charge in [0.15, 0.2) is 0 Å². The van der Waals surface area contributed by atoms with E-state index in [1.54, 1.807) is 6.29 Å². The molecule has 0 aromatic rings. The topological polar surface area (TPSA) is 17.1 Å². The Kier molecular flexibility index (Phi) is 4.58. The molecule has 0 atom stereocenters. The maximum Gasteiger partial charge on any atom is 0.210 e. The molecule has 0 aliphatic rings. The lowest BCUT2D eigenvalue weighted by molar-refractivity contribution is 0.560. The van der Waals surface area contributed by atoms with Gasteiger partial charge < -0.3 is 0 Å². The number of rotatable bonds is 2. The lowest BCUT2D eigenvalue weighted by Gasteiger charge is -1.64. The third-order valence-corrected chi connectivity index (χ3v) is 0.668. The number of carbonyl (C=O) groups excluding carboxylic acids is 1. The summed E-state index contributed by atoms with van der Waals surface area (Å²) in [5, 5.41) is 0. The first-order chi connectivity index (χ1) is 2.41. The summed E-state index contributed by atoms with van der Waals surface area (Å²) in [5.41, 5.74) is 0. The molecule has 0 saturated heterocycles. The fraction of sp³-hybridized carbons (Fsp3) is 0.500. The highest BCUT2D eigenvalue weighted by Crippen LogP contribution is 2.00. The van der Waals surface area contributed by atoms with Crippen LogP contribution in [0.25, 0.3) is 0 Å². The maximum absolute atomic E-state index is 9.17. The molecule has 0 amide bonds. The van der Waals surface area contributed by atoms with Crippen LogP contribution in [0.5, 0.6) is 0 Å². The summed E-state index contributed by atoms with van der Waals surface area (Å²) in [6, 6.07) is 0. The van der Waals surface area contributed by atoms with E-state index in [1.807, 2.05) is 0 Å². The molecular formula is C2H2ClOS. The molecule has 0 aliphatic heterocycles. The average molecular weight is 110 g/mol. The smallest absolute Gasteiger partial charge is 0.210 e. The summed E-state index contributed by atoms with van der Waals surface area (Å²) >= 11 is 0. The number of hydrogen-bond acceptors (Lipinski definition) is 2. The Balaban J connectivity index is 2.40. The first-order valence-corrected chi connectivity index (χ1v) is 2.81. The van der Waals surface area contributed by atoms with Crippen LogP contribution >= 0.6 is 21.7 Å². The maximum atomic E-state index is 9.17. The quantitative estimate of drug-likeness (QED) is 0.526. The molecule has 0 aromatic heterocycles. The van der Waals surface area contributed by atoms with E-state index in [1.165, 1.54) is 0 Å². The van der Waals surface area contributed by atoms with Crippen LogP contribution in [0.15, 0.2) is 0 Å². The molecule has 0 spiro atoms. The zero-order chi connectivity index (χ0) is 4.12. The third-order valence-electron chi connectivity index (χ3n) is 0.113. The molecule has 0 bridgehead atoms. The molecule has 1 radical (unpaired) electrons. The number of hydrogen-bond donors (Lipinski definition) is 0. The van der Waals surface area contributed by atoms with Gasteiger partial charge in [-0.15, -0.1) is 0 Å². The van der Waals surface area contributed by atoms with Gasteiger partial charge in [0.1, 0.15) is 0 Å². The van der Waals surface area contributed by atoms with Crippen molar-refractivity contribution in [1.29, 1.82) is 0 Å². The second kappa shape index (κ2) is 4.31. The molecule has 3 heteroatoms.